The van der Waals surface area contributed by atoms with Gasteiger partial charge in [0.05, 0.1) is 4.47 Å². The highest BCUT2D eigenvalue weighted by Gasteiger charge is 2.03. The molecule has 0 aliphatic carbocycles. The Labute approximate surface area is 109 Å². The molecule has 0 aromatic heterocycles. The number of aryl methyl sites for hydroxylation is 1. The maximum absolute atomic E-state index is 10.6. The molecule has 1 amide bonds. The van der Waals surface area contributed by atoms with E-state index in [0.717, 1.165) is 28.6 Å². The van der Waals surface area contributed by atoms with Gasteiger partial charge in [-0.2, -0.15) is 0 Å². The van der Waals surface area contributed by atoms with Gasteiger partial charge >= 0.3 is 0 Å². The van der Waals surface area contributed by atoms with Gasteiger partial charge in [0, 0.05) is 13.5 Å². The molecule has 0 spiro atoms. The van der Waals surface area contributed by atoms with Crippen molar-refractivity contribution in [2.45, 2.75) is 19.3 Å². The number of carbonyl (C=O) groups is 1. The Hall–Kier alpha value is -1.07. The summed E-state index contributed by atoms with van der Waals surface area (Å²) in [6.45, 7) is 0.222. The van der Waals surface area contributed by atoms with Gasteiger partial charge in [-0.3, -0.25) is 4.79 Å². The average molecular weight is 302 g/mol. The third-order valence-corrected chi connectivity index (χ3v) is 2.84. The lowest BCUT2D eigenvalue weighted by atomic mass is 10.1. The third kappa shape index (κ3) is 5.19. The first kappa shape index (κ1) is 14.0. The number of amides is 1. The minimum atomic E-state index is -0.260. The molecule has 0 saturated heterocycles. The van der Waals surface area contributed by atoms with Gasteiger partial charge in [0.1, 0.15) is 5.75 Å². The predicted molar refractivity (Wildman–Crippen MR) is 68.8 cm³/mol. The normalized spacial score (nSPS) is 10.2. The van der Waals surface area contributed by atoms with E-state index in [-0.39, 0.29) is 12.7 Å². The molecule has 1 aromatic rings. The summed E-state index contributed by atoms with van der Waals surface area (Å²) < 4.78 is 11.0. The Bertz CT molecular complexity index is 382. The first-order chi connectivity index (χ1) is 8.13. The van der Waals surface area contributed by atoms with E-state index in [1.165, 1.54) is 0 Å². The van der Waals surface area contributed by atoms with Crippen LogP contribution < -0.4 is 10.5 Å². The van der Waals surface area contributed by atoms with Gasteiger partial charge in [-0.15, -0.1) is 0 Å². The zero-order chi connectivity index (χ0) is 12.7. The number of methoxy groups -OCH3 is 1. The number of carbonyl (C=O) groups excluding carboxylic acids is 1. The number of halogens is 1. The van der Waals surface area contributed by atoms with Crippen LogP contribution in [-0.2, 0) is 16.0 Å². The highest BCUT2D eigenvalue weighted by Crippen LogP contribution is 2.26. The van der Waals surface area contributed by atoms with Gasteiger partial charge in [-0.05, 0) is 46.5 Å². The highest BCUT2D eigenvalue weighted by molar-refractivity contribution is 9.10. The summed E-state index contributed by atoms with van der Waals surface area (Å²) in [7, 11) is 1.58. The minimum Gasteiger partial charge on any atom is -0.466 e. The molecular formula is C12H16BrNO3. The topological polar surface area (TPSA) is 61.6 Å². The van der Waals surface area contributed by atoms with Crippen LogP contribution in [0, 0.1) is 0 Å². The summed E-state index contributed by atoms with van der Waals surface area (Å²) in [5, 5.41) is 0. The molecule has 0 heterocycles. The second-order valence-corrected chi connectivity index (χ2v) is 4.49. The predicted octanol–water partition coefficient (Wildman–Crippen LogP) is 2.24. The molecule has 0 bridgehead atoms. The fraction of sp³-hybridized carbons (Fsp3) is 0.417. The zero-order valence-electron chi connectivity index (χ0n) is 9.74. The van der Waals surface area contributed by atoms with Gasteiger partial charge in [-0.25, -0.2) is 0 Å². The Morgan fingerprint density at radius 3 is 2.82 bits per heavy atom. The van der Waals surface area contributed by atoms with Crippen LogP contribution in [0.15, 0.2) is 22.7 Å². The van der Waals surface area contributed by atoms with Crippen LogP contribution in [0.5, 0.6) is 5.75 Å². The van der Waals surface area contributed by atoms with E-state index in [1.54, 1.807) is 7.11 Å². The molecule has 0 radical (unpaired) electrons. The summed E-state index contributed by atoms with van der Waals surface area (Å²) in [5.41, 5.74) is 6.22. The zero-order valence-corrected chi connectivity index (χ0v) is 11.3. The van der Waals surface area contributed by atoms with Crippen LogP contribution in [-0.4, -0.2) is 19.8 Å². The Balaban J connectivity index is 2.52. The van der Waals surface area contributed by atoms with Crippen LogP contribution in [0.25, 0.3) is 0 Å². The molecule has 2 N–H and O–H groups in total. The second-order valence-electron chi connectivity index (χ2n) is 3.64. The highest BCUT2D eigenvalue weighted by atomic mass is 79.9. The van der Waals surface area contributed by atoms with E-state index in [2.05, 4.69) is 15.9 Å². The van der Waals surface area contributed by atoms with Crippen molar-refractivity contribution in [3.8, 4) is 5.75 Å². The quantitative estimate of drug-likeness (QED) is 0.786. The number of hydrogen-bond donors (Lipinski definition) is 1. The van der Waals surface area contributed by atoms with Crippen molar-refractivity contribution in [3.63, 3.8) is 0 Å². The number of benzene rings is 1. The van der Waals surface area contributed by atoms with Crippen LogP contribution in [0.2, 0.25) is 0 Å². The molecule has 5 heteroatoms. The maximum atomic E-state index is 10.6. The van der Waals surface area contributed by atoms with Crippen molar-refractivity contribution >= 4 is 21.8 Å². The van der Waals surface area contributed by atoms with Gasteiger partial charge in [-0.1, -0.05) is 6.07 Å². The molecule has 94 valence electrons. The lowest BCUT2D eigenvalue weighted by Crippen LogP contribution is -2.10. The fourth-order valence-electron chi connectivity index (χ4n) is 1.41. The average Bonchev–Trinajstić information content (AvgIpc) is 2.27. The van der Waals surface area contributed by atoms with Gasteiger partial charge in [0.25, 0.3) is 0 Å². The molecule has 0 fully saturated rings. The lowest BCUT2D eigenvalue weighted by Gasteiger charge is -2.08. The van der Waals surface area contributed by atoms with Crippen LogP contribution in [0.1, 0.15) is 18.4 Å². The molecular weight excluding hydrogens is 286 g/mol. The molecule has 0 atom stereocenters. The van der Waals surface area contributed by atoms with E-state index in [0.29, 0.717) is 6.42 Å². The van der Waals surface area contributed by atoms with Crippen molar-refractivity contribution < 1.29 is 14.3 Å². The minimum absolute atomic E-state index is 0.222. The summed E-state index contributed by atoms with van der Waals surface area (Å²) in [6.07, 6.45) is 2.01. The van der Waals surface area contributed by atoms with Crippen LogP contribution >= 0.6 is 15.9 Å². The summed E-state index contributed by atoms with van der Waals surface area (Å²) in [4.78, 5) is 10.6. The Morgan fingerprint density at radius 2 is 2.24 bits per heavy atom. The van der Waals surface area contributed by atoms with Crippen molar-refractivity contribution in [1.29, 1.82) is 0 Å². The van der Waals surface area contributed by atoms with E-state index >= 15 is 0 Å². The molecule has 0 aliphatic rings. The van der Waals surface area contributed by atoms with Crippen molar-refractivity contribution in [1.82, 2.24) is 0 Å². The number of primary amides is 1. The number of nitrogens with two attached hydrogens (primary N) is 1. The first-order valence-corrected chi connectivity index (χ1v) is 6.11. The van der Waals surface area contributed by atoms with Crippen LogP contribution in [0.3, 0.4) is 0 Å². The van der Waals surface area contributed by atoms with E-state index in [4.69, 9.17) is 15.2 Å². The van der Waals surface area contributed by atoms with Gasteiger partial charge in [0.15, 0.2) is 6.79 Å². The monoisotopic (exact) mass is 301 g/mol. The smallest absolute Gasteiger partial charge is 0.217 e. The number of ether oxygens (including phenoxy) is 2. The number of rotatable bonds is 7. The summed E-state index contributed by atoms with van der Waals surface area (Å²) >= 11 is 3.43. The Morgan fingerprint density at radius 1 is 1.47 bits per heavy atom. The second kappa shape index (κ2) is 7.29. The van der Waals surface area contributed by atoms with E-state index < -0.39 is 0 Å². The molecule has 0 unspecified atom stereocenters. The Kier molecular flexibility index (Phi) is 6.00. The SMILES string of the molecule is COCOc1ccc(CCCC(N)=O)cc1Br. The standard InChI is InChI=1S/C12H16BrNO3/c1-16-8-17-11-6-5-9(7-10(11)13)3-2-4-12(14)15/h5-7H,2-4,8H2,1H3,(H2,14,15). The third-order valence-electron chi connectivity index (χ3n) is 2.22. The fourth-order valence-corrected chi connectivity index (χ4v) is 1.95. The maximum Gasteiger partial charge on any atom is 0.217 e. The molecule has 4 nitrogen and oxygen atoms in total. The van der Waals surface area contributed by atoms with Crippen molar-refractivity contribution in [2.75, 3.05) is 13.9 Å². The van der Waals surface area contributed by atoms with E-state index in [1.807, 2.05) is 18.2 Å². The van der Waals surface area contributed by atoms with E-state index in [9.17, 15) is 4.79 Å². The number of hydrogen-bond acceptors (Lipinski definition) is 3. The summed E-state index contributed by atoms with van der Waals surface area (Å²) in [5.74, 6) is 0.481. The molecule has 1 aromatic carbocycles. The molecule has 1 rings (SSSR count). The summed E-state index contributed by atoms with van der Waals surface area (Å²) in [6, 6.07) is 5.82. The van der Waals surface area contributed by atoms with Crippen molar-refractivity contribution in [2.24, 2.45) is 5.73 Å². The largest absolute Gasteiger partial charge is 0.466 e. The van der Waals surface area contributed by atoms with Gasteiger partial charge < -0.3 is 15.2 Å². The van der Waals surface area contributed by atoms with Crippen LogP contribution in [0.4, 0.5) is 0 Å². The lowest BCUT2D eigenvalue weighted by molar-refractivity contribution is -0.118. The van der Waals surface area contributed by atoms with Crippen molar-refractivity contribution in [3.05, 3.63) is 28.2 Å². The molecule has 0 saturated carbocycles. The molecule has 0 aliphatic heterocycles. The van der Waals surface area contributed by atoms with Gasteiger partial charge in [0.2, 0.25) is 5.91 Å². The molecule has 17 heavy (non-hydrogen) atoms. The first-order valence-electron chi connectivity index (χ1n) is 5.32.